The highest BCUT2D eigenvalue weighted by Crippen LogP contribution is 2.06. The maximum Gasteiger partial charge on any atom is 0.326 e. The predicted molar refractivity (Wildman–Crippen MR) is 62.5 cm³/mol. The highest BCUT2D eigenvalue weighted by Gasteiger charge is 2.22. The zero-order chi connectivity index (χ0) is 13.7. The van der Waals surface area contributed by atoms with Crippen LogP contribution in [-0.4, -0.2) is 28.0 Å². The molecule has 5 nitrogen and oxygen atoms in total. The number of amides is 1. The van der Waals surface area contributed by atoms with Crippen LogP contribution in [0.25, 0.3) is 0 Å². The minimum absolute atomic E-state index is 0.00796. The third-order valence-corrected chi connectivity index (χ3v) is 2.27. The molecule has 1 amide bonds. The summed E-state index contributed by atoms with van der Waals surface area (Å²) < 4.78 is 12.6. The number of halogens is 1. The van der Waals surface area contributed by atoms with Gasteiger partial charge in [0.05, 0.1) is 6.20 Å². The van der Waals surface area contributed by atoms with E-state index < -0.39 is 23.7 Å². The molecule has 0 aliphatic carbocycles. The van der Waals surface area contributed by atoms with E-state index in [1.165, 1.54) is 6.07 Å². The molecule has 1 aromatic heterocycles. The summed E-state index contributed by atoms with van der Waals surface area (Å²) in [5, 5.41) is 11.3. The molecule has 0 aromatic carbocycles. The van der Waals surface area contributed by atoms with Gasteiger partial charge in [-0.05, 0) is 24.5 Å². The first kappa shape index (κ1) is 14.1. The summed E-state index contributed by atoms with van der Waals surface area (Å²) >= 11 is 0. The molecule has 18 heavy (non-hydrogen) atoms. The Morgan fingerprint density at radius 2 is 2.11 bits per heavy atom. The fourth-order valence-electron chi connectivity index (χ4n) is 1.44. The molecule has 0 saturated carbocycles. The minimum atomic E-state index is -1.10. The summed E-state index contributed by atoms with van der Waals surface area (Å²) in [7, 11) is 0. The molecule has 0 unspecified atom stereocenters. The molecular formula is C12H15FN2O3. The Balaban J connectivity index is 2.72. The first-order valence-corrected chi connectivity index (χ1v) is 5.55. The zero-order valence-electron chi connectivity index (χ0n) is 10.2. The number of carboxylic acids is 1. The lowest BCUT2D eigenvalue weighted by molar-refractivity contribution is -0.139. The molecule has 6 heteroatoms. The molecule has 1 heterocycles. The molecule has 1 rings (SSSR count). The van der Waals surface area contributed by atoms with E-state index in [9.17, 15) is 14.0 Å². The maximum absolute atomic E-state index is 12.6. The van der Waals surface area contributed by atoms with Gasteiger partial charge in [-0.1, -0.05) is 13.8 Å². The number of pyridine rings is 1. The van der Waals surface area contributed by atoms with Crippen molar-refractivity contribution in [1.82, 2.24) is 10.3 Å². The summed E-state index contributed by atoms with van der Waals surface area (Å²) in [6, 6.07) is 1.34. The quantitative estimate of drug-likeness (QED) is 0.833. The first-order chi connectivity index (χ1) is 8.40. The van der Waals surface area contributed by atoms with Gasteiger partial charge in [-0.25, -0.2) is 14.2 Å². The maximum atomic E-state index is 12.6. The number of hydrogen-bond acceptors (Lipinski definition) is 3. The van der Waals surface area contributed by atoms with Gasteiger partial charge < -0.3 is 10.4 Å². The number of nitrogens with one attached hydrogen (secondary N) is 1. The van der Waals surface area contributed by atoms with E-state index in [0.29, 0.717) is 6.42 Å². The highest BCUT2D eigenvalue weighted by atomic mass is 19.1. The molecule has 1 aromatic rings. The SMILES string of the molecule is CC(C)C[C@@H](NC(=O)c1ccc(F)cn1)C(=O)O. The van der Waals surface area contributed by atoms with Gasteiger partial charge in [-0.3, -0.25) is 4.79 Å². The standard InChI is InChI=1S/C12H15FN2O3/c1-7(2)5-10(12(17)18)15-11(16)9-4-3-8(13)6-14-9/h3-4,6-7,10H,5H2,1-2H3,(H,15,16)(H,17,18)/t10-/m1/s1. The first-order valence-electron chi connectivity index (χ1n) is 5.55. The van der Waals surface area contributed by atoms with E-state index in [4.69, 9.17) is 5.11 Å². The number of hydrogen-bond donors (Lipinski definition) is 2. The second-order valence-electron chi connectivity index (χ2n) is 4.36. The van der Waals surface area contributed by atoms with E-state index in [-0.39, 0.29) is 11.6 Å². The normalized spacial score (nSPS) is 12.2. The largest absolute Gasteiger partial charge is 0.480 e. The van der Waals surface area contributed by atoms with Crippen molar-refractivity contribution in [1.29, 1.82) is 0 Å². The second-order valence-corrected chi connectivity index (χ2v) is 4.36. The number of nitrogens with zero attached hydrogens (tertiary/aromatic N) is 1. The number of rotatable bonds is 5. The van der Waals surface area contributed by atoms with Crippen molar-refractivity contribution < 1.29 is 19.1 Å². The van der Waals surface area contributed by atoms with Crippen LogP contribution in [0.5, 0.6) is 0 Å². The van der Waals surface area contributed by atoms with Crippen LogP contribution in [0.15, 0.2) is 18.3 Å². The summed E-state index contributed by atoms with van der Waals surface area (Å²) in [4.78, 5) is 26.2. The molecule has 0 radical (unpaired) electrons. The Kier molecular flexibility index (Phi) is 4.76. The summed E-state index contributed by atoms with van der Waals surface area (Å²) in [5.74, 6) is -2.14. The molecule has 0 fully saturated rings. The van der Waals surface area contributed by atoms with Crippen LogP contribution in [0.4, 0.5) is 4.39 Å². The van der Waals surface area contributed by atoms with E-state index in [1.807, 2.05) is 13.8 Å². The fourth-order valence-corrected chi connectivity index (χ4v) is 1.44. The average molecular weight is 254 g/mol. The Labute approximate surface area is 104 Å². The van der Waals surface area contributed by atoms with Gasteiger partial charge in [0.1, 0.15) is 17.6 Å². The molecular weight excluding hydrogens is 239 g/mol. The molecule has 0 saturated heterocycles. The monoisotopic (exact) mass is 254 g/mol. The van der Waals surface area contributed by atoms with Crippen LogP contribution >= 0.6 is 0 Å². The number of aromatic nitrogens is 1. The molecule has 98 valence electrons. The van der Waals surface area contributed by atoms with Crippen LogP contribution in [0.3, 0.4) is 0 Å². The molecule has 0 spiro atoms. The fraction of sp³-hybridized carbons (Fsp3) is 0.417. The minimum Gasteiger partial charge on any atom is -0.480 e. The molecule has 0 aliphatic rings. The summed E-state index contributed by atoms with van der Waals surface area (Å²) in [6.07, 6.45) is 1.23. The van der Waals surface area contributed by atoms with Crippen LogP contribution < -0.4 is 5.32 Å². The molecule has 0 aliphatic heterocycles. The Morgan fingerprint density at radius 1 is 1.44 bits per heavy atom. The lowest BCUT2D eigenvalue weighted by Crippen LogP contribution is -2.41. The Morgan fingerprint density at radius 3 is 2.56 bits per heavy atom. The Hall–Kier alpha value is -1.98. The van der Waals surface area contributed by atoms with Gasteiger partial charge in [0.2, 0.25) is 0 Å². The molecule has 0 bridgehead atoms. The zero-order valence-corrected chi connectivity index (χ0v) is 10.2. The van der Waals surface area contributed by atoms with Crippen molar-refractivity contribution in [2.75, 3.05) is 0 Å². The lowest BCUT2D eigenvalue weighted by atomic mass is 10.0. The molecule has 1 atom stereocenters. The van der Waals surface area contributed by atoms with Crippen LogP contribution in [0.1, 0.15) is 30.8 Å². The van der Waals surface area contributed by atoms with Gasteiger partial charge in [-0.2, -0.15) is 0 Å². The third kappa shape index (κ3) is 4.12. The highest BCUT2D eigenvalue weighted by molar-refractivity contribution is 5.94. The van der Waals surface area contributed by atoms with Crippen LogP contribution in [0, 0.1) is 11.7 Å². The summed E-state index contributed by atoms with van der Waals surface area (Å²) in [6.45, 7) is 3.72. The smallest absolute Gasteiger partial charge is 0.326 e. The van der Waals surface area contributed by atoms with E-state index in [2.05, 4.69) is 10.3 Å². The van der Waals surface area contributed by atoms with E-state index in [1.54, 1.807) is 0 Å². The van der Waals surface area contributed by atoms with Crippen molar-refractivity contribution in [2.45, 2.75) is 26.3 Å². The van der Waals surface area contributed by atoms with Crippen LogP contribution in [0.2, 0.25) is 0 Å². The van der Waals surface area contributed by atoms with Crippen molar-refractivity contribution in [3.63, 3.8) is 0 Å². The predicted octanol–water partition coefficient (Wildman–Crippen LogP) is 1.45. The van der Waals surface area contributed by atoms with Gasteiger partial charge in [-0.15, -0.1) is 0 Å². The van der Waals surface area contributed by atoms with Gasteiger partial charge >= 0.3 is 5.97 Å². The number of aliphatic carboxylic acids is 1. The van der Waals surface area contributed by atoms with Crippen molar-refractivity contribution in [3.05, 3.63) is 29.8 Å². The van der Waals surface area contributed by atoms with Gasteiger partial charge in [0, 0.05) is 0 Å². The van der Waals surface area contributed by atoms with Crippen molar-refractivity contribution >= 4 is 11.9 Å². The van der Waals surface area contributed by atoms with E-state index >= 15 is 0 Å². The van der Waals surface area contributed by atoms with E-state index in [0.717, 1.165) is 12.3 Å². The van der Waals surface area contributed by atoms with Crippen molar-refractivity contribution in [3.8, 4) is 0 Å². The van der Waals surface area contributed by atoms with Crippen molar-refractivity contribution in [2.24, 2.45) is 5.92 Å². The van der Waals surface area contributed by atoms with Gasteiger partial charge in [0.15, 0.2) is 0 Å². The number of carbonyl (C=O) groups excluding carboxylic acids is 1. The number of carbonyl (C=O) groups is 2. The van der Waals surface area contributed by atoms with Crippen LogP contribution in [-0.2, 0) is 4.79 Å². The Bertz CT molecular complexity index is 431. The topological polar surface area (TPSA) is 79.3 Å². The third-order valence-electron chi connectivity index (χ3n) is 2.27. The second kappa shape index (κ2) is 6.09. The average Bonchev–Trinajstić information content (AvgIpc) is 2.28. The summed E-state index contributed by atoms with van der Waals surface area (Å²) in [5.41, 5.74) is -0.00796. The molecule has 2 N–H and O–H groups in total. The number of carboxylic acid groups (broad SMARTS) is 1. The lowest BCUT2D eigenvalue weighted by Gasteiger charge is -2.16. The van der Waals surface area contributed by atoms with Gasteiger partial charge in [0.25, 0.3) is 5.91 Å².